The van der Waals surface area contributed by atoms with Crippen LogP contribution in [0.3, 0.4) is 0 Å². The third-order valence-electron chi connectivity index (χ3n) is 1.96. The van der Waals surface area contributed by atoms with E-state index >= 15 is 0 Å². The molecule has 3 heteroatoms. The van der Waals surface area contributed by atoms with Gasteiger partial charge in [-0.25, -0.2) is 4.98 Å². The first-order valence-corrected chi connectivity index (χ1v) is 4.96. The van der Waals surface area contributed by atoms with Gasteiger partial charge in [0.15, 0.2) is 5.13 Å². The van der Waals surface area contributed by atoms with Crippen molar-refractivity contribution in [1.29, 1.82) is 0 Å². The minimum absolute atomic E-state index is 1.02. The molecule has 1 aromatic rings. The number of nitrogens with one attached hydrogen (secondary N) is 1. The van der Waals surface area contributed by atoms with Gasteiger partial charge < -0.3 is 5.32 Å². The molecule has 1 saturated carbocycles. The number of rotatable bonds is 4. The van der Waals surface area contributed by atoms with Gasteiger partial charge >= 0.3 is 0 Å². The lowest BCUT2D eigenvalue weighted by molar-refractivity contribution is 0.760. The summed E-state index contributed by atoms with van der Waals surface area (Å²) in [6, 6.07) is 0. The van der Waals surface area contributed by atoms with Gasteiger partial charge in [-0.15, -0.1) is 11.3 Å². The molecule has 0 atom stereocenters. The summed E-state index contributed by atoms with van der Waals surface area (Å²) < 4.78 is 0. The molecule has 0 amide bonds. The summed E-state index contributed by atoms with van der Waals surface area (Å²) in [7, 11) is 0. The largest absolute Gasteiger partial charge is 0.362 e. The average Bonchev–Trinajstić information content (AvgIpc) is 2.66. The van der Waals surface area contributed by atoms with E-state index in [1.807, 2.05) is 11.6 Å². The summed E-state index contributed by atoms with van der Waals surface area (Å²) in [5, 5.41) is 6.36. The molecule has 1 aliphatic carbocycles. The van der Waals surface area contributed by atoms with E-state index in [4.69, 9.17) is 0 Å². The Balaban J connectivity index is 1.66. The first-order chi connectivity index (χ1) is 5.45. The van der Waals surface area contributed by atoms with E-state index in [-0.39, 0.29) is 0 Å². The van der Waals surface area contributed by atoms with Gasteiger partial charge in [-0.1, -0.05) is 12.8 Å². The molecule has 0 spiro atoms. The Kier molecular flexibility index (Phi) is 2.08. The normalized spacial score (nSPS) is 16.7. The molecule has 1 aliphatic rings. The molecule has 60 valence electrons. The van der Waals surface area contributed by atoms with Crippen LogP contribution in [-0.2, 0) is 0 Å². The van der Waals surface area contributed by atoms with Gasteiger partial charge in [0.1, 0.15) is 0 Å². The van der Waals surface area contributed by atoms with E-state index in [2.05, 4.69) is 10.3 Å². The van der Waals surface area contributed by atoms with Gasteiger partial charge in [-0.3, -0.25) is 0 Å². The summed E-state index contributed by atoms with van der Waals surface area (Å²) in [4.78, 5) is 4.14. The molecule has 2 rings (SSSR count). The van der Waals surface area contributed by atoms with E-state index in [1.54, 1.807) is 11.3 Å². The van der Waals surface area contributed by atoms with E-state index in [1.165, 1.54) is 19.3 Å². The molecule has 0 aromatic carbocycles. The van der Waals surface area contributed by atoms with Crippen LogP contribution >= 0.6 is 11.3 Å². The predicted molar refractivity (Wildman–Crippen MR) is 47.9 cm³/mol. The van der Waals surface area contributed by atoms with Crippen molar-refractivity contribution < 1.29 is 0 Å². The molecule has 1 fully saturated rings. The molecule has 1 aromatic heterocycles. The zero-order chi connectivity index (χ0) is 7.52. The minimum atomic E-state index is 1.02. The van der Waals surface area contributed by atoms with Crippen LogP contribution in [0, 0.1) is 5.92 Å². The van der Waals surface area contributed by atoms with Crippen molar-refractivity contribution in [2.45, 2.75) is 19.3 Å². The molecular weight excluding hydrogens is 156 g/mol. The zero-order valence-electron chi connectivity index (χ0n) is 6.42. The summed E-state index contributed by atoms with van der Waals surface area (Å²) in [6.45, 7) is 1.10. The summed E-state index contributed by atoms with van der Waals surface area (Å²) >= 11 is 1.67. The molecular formula is C8H12N2S. The van der Waals surface area contributed by atoms with Gasteiger partial charge in [0.25, 0.3) is 0 Å². The van der Waals surface area contributed by atoms with Crippen LogP contribution in [0.2, 0.25) is 0 Å². The molecule has 0 aliphatic heterocycles. The number of aromatic nitrogens is 1. The quantitative estimate of drug-likeness (QED) is 0.746. The fourth-order valence-corrected chi connectivity index (χ4v) is 1.66. The van der Waals surface area contributed by atoms with Crippen LogP contribution in [-0.4, -0.2) is 11.5 Å². The number of hydrogen-bond acceptors (Lipinski definition) is 3. The van der Waals surface area contributed by atoms with Crippen molar-refractivity contribution in [1.82, 2.24) is 4.98 Å². The lowest BCUT2D eigenvalue weighted by Gasteiger charge is -1.99. The molecule has 0 saturated heterocycles. The molecule has 11 heavy (non-hydrogen) atoms. The molecule has 1 heterocycles. The van der Waals surface area contributed by atoms with E-state index in [0.29, 0.717) is 0 Å². The van der Waals surface area contributed by atoms with Crippen LogP contribution < -0.4 is 5.32 Å². The molecule has 1 N–H and O–H groups in total. The second kappa shape index (κ2) is 3.22. The lowest BCUT2D eigenvalue weighted by atomic mass is 10.3. The van der Waals surface area contributed by atoms with Crippen molar-refractivity contribution in [2.75, 3.05) is 11.9 Å². The molecule has 0 unspecified atom stereocenters. The highest BCUT2D eigenvalue weighted by Crippen LogP contribution is 2.32. The maximum atomic E-state index is 4.14. The van der Waals surface area contributed by atoms with Gasteiger partial charge in [-0.2, -0.15) is 0 Å². The van der Waals surface area contributed by atoms with Crippen molar-refractivity contribution >= 4 is 16.5 Å². The van der Waals surface area contributed by atoms with Crippen LogP contribution in [0.5, 0.6) is 0 Å². The second-order valence-electron chi connectivity index (χ2n) is 3.00. The van der Waals surface area contributed by atoms with E-state index in [0.717, 1.165) is 17.6 Å². The van der Waals surface area contributed by atoms with Crippen molar-refractivity contribution in [3.05, 3.63) is 11.6 Å². The molecule has 0 radical (unpaired) electrons. The number of thiazole rings is 1. The van der Waals surface area contributed by atoms with Crippen LogP contribution in [0.25, 0.3) is 0 Å². The minimum Gasteiger partial charge on any atom is -0.362 e. The van der Waals surface area contributed by atoms with Crippen molar-refractivity contribution in [3.8, 4) is 0 Å². The Morgan fingerprint density at radius 2 is 2.55 bits per heavy atom. The summed E-state index contributed by atoms with van der Waals surface area (Å²) in [6.07, 6.45) is 6.04. The highest BCUT2D eigenvalue weighted by molar-refractivity contribution is 7.13. The SMILES string of the molecule is c1csc(NCCC2CC2)n1. The zero-order valence-corrected chi connectivity index (χ0v) is 7.23. The van der Waals surface area contributed by atoms with Gasteiger partial charge in [-0.05, 0) is 12.3 Å². The highest BCUT2D eigenvalue weighted by Gasteiger charge is 2.20. The Hall–Kier alpha value is -0.570. The van der Waals surface area contributed by atoms with Crippen LogP contribution in [0.15, 0.2) is 11.6 Å². The standard InChI is InChI=1S/C8H12N2S/c1-2-7(1)3-4-9-8-10-5-6-11-8/h5-7H,1-4H2,(H,9,10). The maximum absolute atomic E-state index is 4.14. The fourth-order valence-electron chi connectivity index (χ4n) is 1.10. The van der Waals surface area contributed by atoms with Crippen LogP contribution in [0.1, 0.15) is 19.3 Å². The predicted octanol–water partition coefficient (Wildman–Crippen LogP) is 2.36. The van der Waals surface area contributed by atoms with Crippen molar-refractivity contribution in [2.24, 2.45) is 5.92 Å². The Morgan fingerprint density at radius 3 is 3.18 bits per heavy atom. The maximum Gasteiger partial charge on any atom is 0.182 e. The van der Waals surface area contributed by atoms with E-state index in [9.17, 15) is 0 Å². The van der Waals surface area contributed by atoms with Gasteiger partial charge in [0.05, 0.1) is 0 Å². The number of nitrogens with zero attached hydrogens (tertiary/aromatic N) is 1. The average molecular weight is 168 g/mol. The highest BCUT2D eigenvalue weighted by atomic mass is 32.1. The Labute approximate surface area is 70.7 Å². The van der Waals surface area contributed by atoms with Crippen LogP contribution in [0.4, 0.5) is 5.13 Å². The monoisotopic (exact) mass is 168 g/mol. The first-order valence-electron chi connectivity index (χ1n) is 4.08. The third-order valence-corrected chi connectivity index (χ3v) is 2.69. The van der Waals surface area contributed by atoms with Gasteiger partial charge in [0.2, 0.25) is 0 Å². The first kappa shape index (κ1) is 7.10. The third kappa shape index (κ3) is 2.19. The Bertz CT molecular complexity index is 204. The number of anilines is 1. The second-order valence-corrected chi connectivity index (χ2v) is 3.89. The fraction of sp³-hybridized carbons (Fsp3) is 0.625. The molecule has 2 nitrogen and oxygen atoms in total. The smallest absolute Gasteiger partial charge is 0.182 e. The lowest BCUT2D eigenvalue weighted by Crippen LogP contribution is -2.01. The number of hydrogen-bond donors (Lipinski definition) is 1. The van der Waals surface area contributed by atoms with E-state index < -0.39 is 0 Å². The Morgan fingerprint density at radius 1 is 1.64 bits per heavy atom. The van der Waals surface area contributed by atoms with Gasteiger partial charge in [0, 0.05) is 18.1 Å². The summed E-state index contributed by atoms with van der Waals surface area (Å²) in [5.41, 5.74) is 0. The topological polar surface area (TPSA) is 24.9 Å². The van der Waals surface area contributed by atoms with Crippen molar-refractivity contribution in [3.63, 3.8) is 0 Å². The molecule has 0 bridgehead atoms. The summed E-state index contributed by atoms with van der Waals surface area (Å²) in [5.74, 6) is 1.02.